The van der Waals surface area contributed by atoms with Gasteiger partial charge in [-0.2, -0.15) is 0 Å². The minimum Gasteiger partial charge on any atom is -0.411 e. The zero-order valence-corrected chi connectivity index (χ0v) is 7.82. The van der Waals surface area contributed by atoms with Gasteiger partial charge in [0.05, 0.1) is 5.71 Å². The van der Waals surface area contributed by atoms with Crippen LogP contribution in [0, 0.1) is 6.92 Å². The molecule has 1 aromatic heterocycles. The fraction of sp³-hybridized carbons (Fsp3) is 0.444. The number of aryl methyl sites for hydroxylation is 1. The predicted octanol–water partition coefficient (Wildman–Crippen LogP) is 2.38. The standard InChI is InChI=1S/C9H11NOS/c1-6-5-12-9-4-7(10-11)2-3-8(6)9/h5,11H,2-4H2,1H3. The van der Waals surface area contributed by atoms with Crippen LogP contribution in [-0.2, 0) is 12.8 Å². The molecule has 0 atom stereocenters. The first-order valence-electron chi connectivity index (χ1n) is 4.07. The largest absolute Gasteiger partial charge is 0.411 e. The minimum atomic E-state index is 0.852. The number of fused-ring (bicyclic) bond motifs is 1. The predicted molar refractivity (Wildman–Crippen MR) is 50.3 cm³/mol. The molecule has 0 bridgehead atoms. The Hall–Kier alpha value is -0.830. The van der Waals surface area contributed by atoms with Crippen LogP contribution >= 0.6 is 11.3 Å². The summed E-state index contributed by atoms with van der Waals surface area (Å²) >= 11 is 1.78. The number of thiophene rings is 1. The second-order valence-corrected chi connectivity index (χ2v) is 4.13. The third-order valence-corrected chi connectivity index (χ3v) is 3.51. The van der Waals surface area contributed by atoms with Gasteiger partial charge in [0.25, 0.3) is 0 Å². The van der Waals surface area contributed by atoms with Crippen LogP contribution in [0.3, 0.4) is 0 Å². The van der Waals surface area contributed by atoms with Crippen molar-refractivity contribution in [3.63, 3.8) is 0 Å². The summed E-state index contributed by atoms with van der Waals surface area (Å²) < 4.78 is 0. The Balaban J connectivity index is 2.36. The molecule has 1 aliphatic rings. The lowest BCUT2D eigenvalue weighted by Crippen LogP contribution is -2.11. The lowest BCUT2D eigenvalue weighted by Gasteiger charge is -2.12. The highest BCUT2D eigenvalue weighted by Crippen LogP contribution is 2.28. The molecular weight excluding hydrogens is 170 g/mol. The third kappa shape index (κ3) is 1.14. The average molecular weight is 181 g/mol. The van der Waals surface area contributed by atoms with Crippen molar-refractivity contribution < 1.29 is 5.21 Å². The van der Waals surface area contributed by atoms with Gasteiger partial charge in [-0.3, -0.25) is 0 Å². The van der Waals surface area contributed by atoms with E-state index in [2.05, 4.69) is 17.5 Å². The van der Waals surface area contributed by atoms with Gasteiger partial charge in [0, 0.05) is 11.3 Å². The summed E-state index contributed by atoms with van der Waals surface area (Å²) in [6.07, 6.45) is 2.81. The van der Waals surface area contributed by atoms with E-state index in [4.69, 9.17) is 5.21 Å². The van der Waals surface area contributed by atoms with Gasteiger partial charge in [-0.25, -0.2) is 0 Å². The Labute approximate surface area is 75.5 Å². The first kappa shape index (κ1) is 7.80. The van der Waals surface area contributed by atoms with Crippen molar-refractivity contribution in [2.75, 3.05) is 0 Å². The lowest BCUT2D eigenvalue weighted by molar-refractivity contribution is 0.316. The second kappa shape index (κ2) is 2.90. The maximum atomic E-state index is 8.62. The van der Waals surface area contributed by atoms with E-state index < -0.39 is 0 Å². The van der Waals surface area contributed by atoms with Crippen molar-refractivity contribution in [3.8, 4) is 0 Å². The quantitative estimate of drug-likeness (QED) is 0.483. The molecule has 1 aliphatic carbocycles. The summed E-state index contributed by atoms with van der Waals surface area (Å²) in [6, 6.07) is 0. The lowest BCUT2D eigenvalue weighted by atomic mass is 9.95. The molecule has 2 nitrogen and oxygen atoms in total. The fourth-order valence-electron chi connectivity index (χ4n) is 1.64. The molecule has 1 aromatic rings. The highest BCUT2D eigenvalue weighted by atomic mass is 32.1. The van der Waals surface area contributed by atoms with Crippen LogP contribution < -0.4 is 0 Å². The molecule has 12 heavy (non-hydrogen) atoms. The number of hydrogen-bond donors (Lipinski definition) is 1. The number of rotatable bonds is 0. The van der Waals surface area contributed by atoms with E-state index in [1.54, 1.807) is 11.3 Å². The smallest absolute Gasteiger partial charge is 0.0626 e. The van der Waals surface area contributed by atoms with Gasteiger partial charge in [0.2, 0.25) is 0 Å². The summed E-state index contributed by atoms with van der Waals surface area (Å²) in [5.74, 6) is 0. The third-order valence-electron chi connectivity index (χ3n) is 2.36. The SMILES string of the molecule is Cc1csc2c1CCC(=NO)C2. The van der Waals surface area contributed by atoms with Crippen molar-refractivity contribution in [2.24, 2.45) is 5.16 Å². The fourth-order valence-corrected chi connectivity index (χ4v) is 2.75. The van der Waals surface area contributed by atoms with Gasteiger partial charge >= 0.3 is 0 Å². The zero-order valence-electron chi connectivity index (χ0n) is 7.00. The molecule has 0 saturated carbocycles. The van der Waals surface area contributed by atoms with Crippen LogP contribution in [-0.4, -0.2) is 10.9 Å². The number of hydrogen-bond acceptors (Lipinski definition) is 3. The van der Waals surface area contributed by atoms with E-state index in [0.717, 1.165) is 25.0 Å². The van der Waals surface area contributed by atoms with E-state index in [1.807, 2.05) is 0 Å². The Kier molecular flexibility index (Phi) is 1.89. The second-order valence-electron chi connectivity index (χ2n) is 3.16. The Morgan fingerprint density at radius 2 is 2.33 bits per heavy atom. The molecule has 0 radical (unpaired) electrons. The molecule has 0 unspecified atom stereocenters. The van der Waals surface area contributed by atoms with E-state index in [1.165, 1.54) is 16.0 Å². The molecule has 1 N–H and O–H groups in total. The zero-order chi connectivity index (χ0) is 8.55. The van der Waals surface area contributed by atoms with E-state index in [-0.39, 0.29) is 0 Å². The van der Waals surface area contributed by atoms with Crippen LogP contribution in [0.1, 0.15) is 22.4 Å². The van der Waals surface area contributed by atoms with Gasteiger partial charge in [-0.05, 0) is 36.3 Å². The molecule has 3 heteroatoms. The van der Waals surface area contributed by atoms with Gasteiger partial charge in [0.1, 0.15) is 0 Å². The van der Waals surface area contributed by atoms with Gasteiger partial charge in [-0.15, -0.1) is 11.3 Å². The van der Waals surface area contributed by atoms with Crippen molar-refractivity contribution in [3.05, 3.63) is 21.4 Å². The van der Waals surface area contributed by atoms with Gasteiger partial charge < -0.3 is 5.21 Å². The maximum absolute atomic E-state index is 8.62. The Morgan fingerprint density at radius 3 is 3.08 bits per heavy atom. The minimum absolute atomic E-state index is 0.852. The molecule has 0 aromatic carbocycles. The normalized spacial score (nSPS) is 19.6. The molecule has 2 rings (SSSR count). The molecule has 0 aliphatic heterocycles. The van der Waals surface area contributed by atoms with Gasteiger partial charge in [-0.1, -0.05) is 5.16 Å². The van der Waals surface area contributed by atoms with Crippen molar-refractivity contribution >= 4 is 17.0 Å². The average Bonchev–Trinajstić information content (AvgIpc) is 2.47. The van der Waals surface area contributed by atoms with Crippen LogP contribution in [0.15, 0.2) is 10.5 Å². The van der Waals surface area contributed by atoms with E-state index >= 15 is 0 Å². The summed E-state index contributed by atoms with van der Waals surface area (Å²) in [5.41, 5.74) is 3.80. The molecule has 0 saturated heterocycles. The molecule has 0 amide bonds. The highest BCUT2D eigenvalue weighted by molar-refractivity contribution is 7.10. The molecule has 0 fully saturated rings. The molecular formula is C9H11NOS. The van der Waals surface area contributed by atoms with Crippen LogP contribution in [0.4, 0.5) is 0 Å². The summed E-state index contributed by atoms with van der Waals surface area (Å²) in [5, 5.41) is 14.1. The monoisotopic (exact) mass is 181 g/mol. The number of nitrogens with zero attached hydrogens (tertiary/aromatic N) is 1. The van der Waals surface area contributed by atoms with Crippen LogP contribution in [0.2, 0.25) is 0 Å². The van der Waals surface area contributed by atoms with Crippen molar-refractivity contribution in [1.82, 2.24) is 0 Å². The summed E-state index contributed by atoms with van der Waals surface area (Å²) in [7, 11) is 0. The van der Waals surface area contributed by atoms with Crippen molar-refractivity contribution in [1.29, 1.82) is 0 Å². The Bertz CT molecular complexity index is 327. The molecule has 1 heterocycles. The maximum Gasteiger partial charge on any atom is 0.0626 e. The topological polar surface area (TPSA) is 32.6 Å². The van der Waals surface area contributed by atoms with Gasteiger partial charge in [0.15, 0.2) is 0 Å². The van der Waals surface area contributed by atoms with Crippen LogP contribution in [0.25, 0.3) is 0 Å². The summed E-state index contributed by atoms with van der Waals surface area (Å²) in [4.78, 5) is 1.38. The number of oxime groups is 1. The van der Waals surface area contributed by atoms with E-state index in [9.17, 15) is 0 Å². The molecule has 64 valence electrons. The summed E-state index contributed by atoms with van der Waals surface area (Å²) in [6.45, 7) is 2.15. The highest BCUT2D eigenvalue weighted by Gasteiger charge is 2.17. The molecule has 0 spiro atoms. The van der Waals surface area contributed by atoms with Crippen molar-refractivity contribution in [2.45, 2.75) is 26.2 Å². The first-order chi connectivity index (χ1) is 5.81. The van der Waals surface area contributed by atoms with Crippen LogP contribution in [0.5, 0.6) is 0 Å². The Morgan fingerprint density at radius 1 is 1.50 bits per heavy atom. The van der Waals surface area contributed by atoms with E-state index in [0.29, 0.717) is 0 Å². The first-order valence-corrected chi connectivity index (χ1v) is 4.95.